The molecule has 29 heavy (non-hydrogen) atoms. The maximum absolute atomic E-state index is 13.2. The van der Waals surface area contributed by atoms with Crippen molar-refractivity contribution in [3.8, 4) is 11.5 Å². The van der Waals surface area contributed by atoms with Crippen molar-refractivity contribution in [3.63, 3.8) is 0 Å². The summed E-state index contributed by atoms with van der Waals surface area (Å²) in [6.45, 7) is 1.57. The van der Waals surface area contributed by atoms with Gasteiger partial charge in [0.05, 0.1) is 13.7 Å². The summed E-state index contributed by atoms with van der Waals surface area (Å²) < 4.78 is 13.1. The highest BCUT2D eigenvalue weighted by atomic mass is 16.5. The fraction of sp³-hybridized carbons (Fsp3) is 0.478. The number of amides is 1. The maximum Gasteiger partial charge on any atom is 0.257 e. The van der Waals surface area contributed by atoms with Gasteiger partial charge in [-0.1, -0.05) is 24.6 Å². The van der Waals surface area contributed by atoms with Gasteiger partial charge in [-0.25, -0.2) is 0 Å². The molecule has 1 aliphatic carbocycles. The summed E-state index contributed by atoms with van der Waals surface area (Å²) in [5, 5.41) is 3.01. The first-order valence-corrected chi connectivity index (χ1v) is 10.5. The van der Waals surface area contributed by atoms with Crippen LogP contribution in [0.1, 0.15) is 53.7 Å². The summed E-state index contributed by atoms with van der Waals surface area (Å²) in [4.78, 5) is 25.9. The first-order valence-electron chi connectivity index (χ1n) is 10.5. The lowest BCUT2D eigenvalue weighted by atomic mass is 10.1. The number of hydrogen-bond donors (Lipinski definition) is 1. The number of carbonyl (C=O) groups is 1. The lowest BCUT2D eigenvalue weighted by Crippen LogP contribution is -2.31. The van der Waals surface area contributed by atoms with E-state index in [1.807, 2.05) is 24.3 Å². The molecule has 0 radical (unpaired) electrons. The van der Waals surface area contributed by atoms with E-state index in [0.29, 0.717) is 43.3 Å². The highest BCUT2D eigenvalue weighted by Crippen LogP contribution is 2.31. The van der Waals surface area contributed by atoms with E-state index in [-0.39, 0.29) is 11.5 Å². The number of para-hydroxylation sites is 1. The molecule has 154 valence electrons. The molecule has 0 spiro atoms. The third-order valence-electron chi connectivity index (χ3n) is 5.71. The van der Waals surface area contributed by atoms with Crippen molar-refractivity contribution in [1.82, 2.24) is 9.88 Å². The molecule has 2 aliphatic rings. The summed E-state index contributed by atoms with van der Waals surface area (Å²) in [5.74, 6) is 1.50. The number of nitrogens with zero attached hydrogens (tertiary/aromatic N) is 1. The fourth-order valence-electron chi connectivity index (χ4n) is 3.88. The Morgan fingerprint density at radius 2 is 2.00 bits per heavy atom. The van der Waals surface area contributed by atoms with Crippen molar-refractivity contribution in [1.29, 1.82) is 0 Å². The molecule has 1 N–H and O–H groups in total. The van der Waals surface area contributed by atoms with E-state index >= 15 is 0 Å². The summed E-state index contributed by atoms with van der Waals surface area (Å²) in [5.41, 5.74) is 2.15. The average molecular weight is 396 g/mol. The van der Waals surface area contributed by atoms with Crippen LogP contribution in [0.25, 0.3) is 0 Å². The van der Waals surface area contributed by atoms with Crippen molar-refractivity contribution >= 4 is 5.91 Å². The smallest absolute Gasteiger partial charge is 0.257 e. The Morgan fingerprint density at radius 1 is 1.17 bits per heavy atom. The molecule has 1 aliphatic heterocycles. The molecule has 2 heterocycles. The lowest BCUT2D eigenvalue weighted by Gasteiger charge is -2.19. The molecule has 0 saturated heterocycles. The van der Waals surface area contributed by atoms with Crippen molar-refractivity contribution in [2.24, 2.45) is 5.92 Å². The minimum atomic E-state index is -0.202. The quantitative estimate of drug-likeness (QED) is 0.780. The standard InChI is InChI=1S/C23H28N2O4/c1-28-19-9-5-4-7-17(19)14-24-23(27)22-18-8-3-2-6-12-25(18)21(26)13-20(22)29-15-16-10-11-16/h4-5,7,9,13,16H,2-3,6,8,10-12,14-15H2,1H3,(H,24,27). The largest absolute Gasteiger partial charge is 0.496 e. The van der Waals surface area contributed by atoms with E-state index < -0.39 is 0 Å². The third kappa shape index (κ3) is 4.47. The lowest BCUT2D eigenvalue weighted by molar-refractivity contribution is 0.0944. The van der Waals surface area contributed by atoms with Crippen LogP contribution in [0.3, 0.4) is 0 Å². The van der Waals surface area contributed by atoms with Gasteiger partial charge in [0.15, 0.2) is 0 Å². The number of nitrogens with one attached hydrogen (secondary N) is 1. The van der Waals surface area contributed by atoms with Gasteiger partial charge in [0, 0.05) is 30.4 Å². The van der Waals surface area contributed by atoms with Crippen LogP contribution in [-0.2, 0) is 19.5 Å². The van der Waals surface area contributed by atoms with Crippen LogP contribution in [0.5, 0.6) is 11.5 Å². The summed E-state index contributed by atoms with van der Waals surface area (Å²) in [6.07, 6.45) is 6.00. The van der Waals surface area contributed by atoms with E-state index in [2.05, 4.69) is 5.32 Å². The Bertz CT molecular complexity index is 946. The first kappa shape index (κ1) is 19.6. The molecule has 2 aromatic rings. The predicted octanol–water partition coefficient (Wildman–Crippen LogP) is 3.30. The van der Waals surface area contributed by atoms with E-state index in [0.717, 1.165) is 49.1 Å². The zero-order valence-electron chi connectivity index (χ0n) is 16.9. The van der Waals surface area contributed by atoms with Crippen LogP contribution in [0.15, 0.2) is 35.1 Å². The number of ether oxygens (including phenoxy) is 2. The van der Waals surface area contributed by atoms with Gasteiger partial charge in [0.25, 0.3) is 11.5 Å². The van der Waals surface area contributed by atoms with Crippen LogP contribution in [0.4, 0.5) is 0 Å². The summed E-state index contributed by atoms with van der Waals surface area (Å²) >= 11 is 0. The number of pyridine rings is 1. The van der Waals surface area contributed by atoms with E-state index in [1.165, 1.54) is 6.07 Å². The molecule has 0 atom stereocenters. The molecule has 0 bridgehead atoms. The Kier molecular flexibility index (Phi) is 5.88. The fourth-order valence-corrected chi connectivity index (χ4v) is 3.88. The minimum Gasteiger partial charge on any atom is -0.496 e. The number of carbonyl (C=O) groups excluding carboxylic acids is 1. The van der Waals surface area contributed by atoms with Crippen molar-refractivity contribution < 1.29 is 14.3 Å². The number of fused-ring (bicyclic) bond motifs is 1. The molecule has 1 aromatic carbocycles. The molecule has 1 fully saturated rings. The van der Waals surface area contributed by atoms with Crippen molar-refractivity contribution in [3.05, 3.63) is 57.5 Å². The molecule has 6 nitrogen and oxygen atoms in total. The Hall–Kier alpha value is -2.76. The highest BCUT2D eigenvalue weighted by molar-refractivity contribution is 5.98. The topological polar surface area (TPSA) is 69.6 Å². The zero-order valence-corrected chi connectivity index (χ0v) is 16.9. The zero-order chi connectivity index (χ0) is 20.2. The van der Waals surface area contributed by atoms with Gasteiger partial charge >= 0.3 is 0 Å². The molecular formula is C23H28N2O4. The SMILES string of the molecule is COc1ccccc1CNC(=O)c1c(OCC2CC2)cc(=O)n2c1CCCCC2. The van der Waals surface area contributed by atoms with Gasteiger partial charge in [-0.05, 0) is 44.1 Å². The van der Waals surface area contributed by atoms with E-state index in [4.69, 9.17) is 9.47 Å². The van der Waals surface area contributed by atoms with Crippen LogP contribution < -0.4 is 20.3 Å². The second kappa shape index (κ2) is 8.72. The molecular weight excluding hydrogens is 368 g/mol. The van der Waals surface area contributed by atoms with Gasteiger partial charge in [-0.15, -0.1) is 0 Å². The van der Waals surface area contributed by atoms with E-state index in [1.54, 1.807) is 11.7 Å². The number of aromatic nitrogens is 1. The van der Waals surface area contributed by atoms with Gasteiger partial charge in [0.2, 0.25) is 0 Å². The maximum atomic E-state index is 13.2. The normalized spacial score (nSPS) is 15.9. The molecule has 4 rings (SSSR count). The number of rotatable bonds is 7. The second-order valence-electron chi connectivity index (χ2n) is 7.88. The van der Waals surface area contributed by atoms with Gasteiger partial charge < -0.3 is 19.4 Å². The van der Waals surface area contributed by atoms with Gasteiger partial charge in [0.1, 0.15) is 17.1 Å². The average Bonchev–Trinajstić information content (AvgIpc) is 3.57. The Balaban J connectivity index is 1.63. The molecule has 6 heteroatoms. The summed E-state index contributed by atoms with van der Waals surface area (Å²) in [7, 11) is 1.62. The van der Waals surface area contributed by atoms with Crippen molar-refractivity contribution in [2.75, 3.05) is 13.7 Å². The van der Waals surface area contributed by atoms with Crippen LogP contribution in [-0.4, -0.2) is 24.2 Å². The minimum absolute atomic E-state index is 0.0750. The number of methoxy groups -OCH3 is 1. The first-order chi connectivity index (χ1) is 14.2. The third-order valence-corrected chi connectivity index (χ3v) is 5.71. The molecule has 1 amide bonds. The molecule has 0 unspecified atom stereocenters. The Labute approximate surface area is 170 Å². The second-order valence-corrected chi connectivity index (χ2v) is 7.88. The van der Waals surface area contributed by atoms with Gasteiger partial charge in [-0.2, -0.15) is 0 Å². The molecule has 1 aromatic heterocycles. The summed E-state index contributed by atoms with van der Waals surface area (Å²) in [6, 6.07) is 9.12. The van der Waals surface area contributed by atoms with E-state index in [9.17, 15) is 9.59 Å². The number of hydrogen-bond acceptors (Lipinski definition) is 4. The molecule has 1 saturated carbocycles. The van der Waals surface area contributed by atoms with Crippen LogP contribution in [0, 0.1) is 5.92 Å². The highest BCUT2D eigenvalue weighted by Gasteiger charge is 2.27. The Morgan fingerprint density at radius 3 is 2.79 bits per heavy atom. The van der Waals surface area contributed by atoms with Crippen LogP contribution in [0.2, 0.25) is 0 Å². The van der Waals surface area contributed by atoms with Gasteiger partial charge in [-0.3, -0.25) is 9.59 Å². The van der Waals surface area contributed by atoms with Crippen molar-refractivity contribution in [2.45, 2.75) is 51.6 Å². The van der Waals surface area contributed by atoms with Crippen LogP contribution >= 0.6 is 0 Å². The number of benzene rings is 1. The monoisotopic (exact) mass is 396 g/mol. The predicted molar refractivity (Wildman–Crippen MR) is 111 cm³/mol.